The highest BCUT2D eigenvalue weighted by Crippen LogP contribution is 2.24. The van der Waals surface area contributed by atoms with Gasteiger partial charge in [0.2, 0.25) is 0 Å². The fourth-order valence-electron chi connectivity index (χ4n) is 1.87. The fourth-order valence-corrected chi connectivity index (χ4v) is 2.73. The highest BCUT2D eigenvalue weighted by Gasteiger charge is 2.15. The monoisotopic (exact) mass is 286 g/mol. The van der Waals surface area contributed by atoms with Crippen molar-refractivity contribution in [3.8, 4) is 0 Å². The Hall–Kier alpha value is -1.94. The molecule has 1 aromatic heterocycles. The van der Waals surface area contributed by atoms with Crippen LogP contribution in [0.4, 0.5) is 5.69 Å². The number of aryl methyl sites for hydroxylation is 2. The summed E-state index contributed by atoms with van der Waals surface area (Å²) >= 11 is 1.43. The smallest absolute Gasteiger partial charge is 0.171 e. The average Bonchev–Trinajstić information content (AvgIpc) is 2.80. The Morgan fingerprint density at radius 1 is 1.30 bits per heavy atom. The van der Waals surface area contributed by atoms with E-state index in [-0.39, 0.29) is 5.78 Å². The van der Waals surface area contributed by atoms with E-state index in [1.165, 1.54) is 16.9 Å². The Bertz CT molecular complexity index is 641. The predicted molar refractivity (Wildman–Crippen MR) is 85.6 cm³/mol. The van der Waals surface area contributed by atoms with Crippen molar-refractivity contribution >= 4 is 28.4 Å². The third-order valence-electron chi connectivity index (χ3n) is 2.95. The lowest BCUT2D eigenvalue weighted by Crippen LogP contribution is -2.06. The largest absolute Gasteiger partial charge is 0.381 e. The van der Waals surface area contributed by atoms with Crippen LogP contribution in [0.5, 0.6) is 0 Å². The predicted octanol–water partition coefficient (Wildman–Crippen LogP) is 4.09. The van der Waals surface area contributed by atoms with E-state index in [9.17, 15) is 4.79 Å². The van der Waals surface area contributed by atoms with Crippen molar-refractivity contribution in [3.63, 3.8) is 0 Å². The van der Waals surface area contributed by atoms with E-state index in [2.05, 4.69) is 35.9 Å². The summed E-state index contributed by atoms with van der Waals surface area (Å²) in [5, 5.41) is 4.19. The molecule has 1 N–H and O–H groups in total. The quantitative estimate of drug-likeness (QED) is 0.842. The van der Waals surface area contributed by atoms with Gasteiger partial charge >= 0.3 is 0 Å². The molecule has 0 atom stereocenters. The Balaban J connectivity index is 2.09. The van der Waals surface area contributed by atoms with E-state index in [1.54, 1.807) is 6.92 Å². The molecule has 0 fully saturated rings. The maximum atomic E-state index is 11.6. The number of carbonyl (C=O) groups is 1. The minimum absolute atomic E-state index is 0.0436. The first-order valence-corrected chi connectivity index (χ1v) is 7.26. The first-order chi connectivity index (χ1) is 9.47. The normalized spacial score (nSPS) is 10.3. The van der Waals surface area contributed by atoms with E-state index in [4.69, 9.17) is 0 Å². The van der Waals surface area contributed by atoms with Crippen LogP contribution >= 0.6 is 11.3 Å². The van der Waals surface area contributed by atoms with Crippen molar-refractivity contribution in [1.29, 1.82) is 0 Å². The second kappa shape index (κ2) is 6.01. The number of hydrogen-bond donors (Lipinski definition) is 1. The lowest BCUT2D eigenvalue weighted by molar-refractivity contribution is 0.102. The third-order valence-corrected chi connectivity index (χ3v) is 4.02. The number of ketones is 1. The van der Waals surface area contributed by atoms with Crippen LogP contribution in [0.3, 0.4) is 0 Å². The number of anilines is 1. The number of hydrogen-bond acceptors (Lipinski definition) is 4. The molecule has 0 aliphatic rings. The average molecular weight is 286 g/mol. The number of nitrogens with zero attached hydrogens (tertiary/aromatic N) is 1. The maximum Gasteiger partial charge on any atom is 0.171 e. The number of nitrogens with one attached hydrogen (secondary N) is 1. The lowest BCUT2D eigenvalue weighted by atomic mass is 10.1. The number of benzene rings is 1. The molecule has 4 heteroatoms. The van der Waals surface area contributed by atoms with Gasteiger partial charge in [-0.05, 0) is 31.6 Å². The van der Waals surface area contributed by atoms with Crippen molar-refractivity contribution in [3.05, 3.63) is 52.0 Å². The zero-order valence-corrected chi connectivity index (χ0v) is 12.8. The third kappa shape index (κ3) is 3.33. The van der Waals surface area contributed by atoms with Crippen LogP contribution in [0.25, 0.3) is 5.57 Å². The molecule has 2 rings (SSSR count). The minimum atomic E-state index is 0.0436. The molecule has 20 heavy (non-hydrogen) atoms. The Morgan fingerprint density at radius 3 is 2.55 bits per heavy atom. The van der Waals surface area contributed by atoms with Crippen molar-refractivity contribution < 1.29 is 4.79 Å². The summed E-state index contributed by atoms with van der Waals surface area (Å²) in [6, 6.07) is 8.17. The summed E-state index contributed by atoms with van der Waals surface area (Å²) in [5.41, 5.74) is 3.82. The van der Waals surface area contributed by atoms with Crippen molar-refractivity contribution in [2.75, 3.05) is 11.9 Å². The van der Waals surface area contributed by atoms with Gasteiger partial charge in [-0.15, -0.1) is 11.3 Å². The molecule has 2 aromatic rings. The number of Topliss-reactive ketones (excluding diaryl/α,β-unsaturated/α-hetero) is 1. The van der Waals surface area contributed by atoms with Gasteiger partial charge in [0.05, 0.1) is 15.6 Å². The van der Waals surface area contributed by atoms with E-state index >= 15 is 0 Å². The van der Waals surface area contributed by atoms with Gasteiger partial charge < -0.3 is 5.32 Å². The number of rotatable bonds is 5. The van der Waals surface area contributed by atoms with Gasteiger partial charge in [-0.3, -0.25) is 4.79 Å². The van der Waals surface area contributed by atoms with Gasteiger partial charge in [0.25, 0.3) is 0 Å². The Labute approximate surface area is 123 Å². The number of carbonyl (C=O) groups excluding carboxylic acids is 1. The SMILES string of the molecule is C=C(CNc1ccc(C)cc1)c1nc(C)sc1C(C)=O. The van der Waals surface area contributed by atoms with Gasteiger partial charge in [0.15, 0.2) is 5.78 Å². The molecule has 0 saturated heterocycles. The van der Waals surface area contributed by atoms with Crippen LogP contribution in [0.2, 0.25) is 0 Å². The molecule has 0 amide bonds. The topological polar surface area (TPSA) is 42.0 Å². The molecule has 0 bridgehead atoms. The second-order valence-electron chi connectivity index (χ2n) is 4.79. The minimum Gasteiger partial charge on any atom is -0.381 e. The van der Waals surface area contributed by atoms with Crippen LogP contribution in [0.15, 0.2) is 30.8 Å². The molecule has 0 aliphatic heterocycles. The maximum absolute atomic E-state index is 11.6. The first kappa shape index (κ1) is 14.5. The molecular formula is C16H18N2OS. The molecule has 0 spiro atoms. The summed E-state index contributed by atoms with van der Waals surface area (Å²) in [7, 11) is 0. The van der Waals surface area contributed by atoms with Gasteiger partial charge in [-0.2, -0.15) is 0 Å². The van der Waals surface area contributed by atoms with Gasteiger partial charge in [-0.1, -0.05) is 24.3 Å². The van der Waals surface area contributed by atoms with E-state index in [0.717, 1.165) is 22.0 Å². The molecule has 0 radical (unpaired) electrons. The summed E-state index contributed by atoms with van der Waals surface area (Å²) in [6.07, 6.45) is 0. The van der Waals surface area contributed by atoms with Crippen LogP contribution in [-0.2, 0) is 0 Å². The van der Waals surface area contributed by atoms with Crippen LogP contribution < -0.4 is 5.32 Å². The molecule has 104 valence electrons. The molecule has 0 unspecified atom stereocenters. The fraction of sp³-hybridized carbons (Fsp3) is 0.250. The molecule has 0 saturated carbocycles. The second-order valence-corrected chi connectivity index (χ2v) is 5.99. The molecule has 3 nitrogen and oxygen atoms in total. The molecule has 1 aromatic carbocycles. The molecule has 1 heterocycles. The van der Waals surface area contributed by atoms with E-state index < -0.39 is 0 Å². The zero-order chi connectivity index (χ0) is 14.7. The van der Waals surface area contributed by atoms with Crippen LogP contribution in [0.1, 0.15) is 32.9 Å². The zero-order valence-electron chi connectivity index (χ0n) is 12.0. The van der Waals surface area contributed by atoms with Gasteiger partial charge in [0.1, 0.15) is 0 Å². The van der Waals surface area contributed by atoms with Crippen molar-refractivity contribution in [2.24, 2.45) is 0 Å². The van der Waals surface area contributed by atoms with Gasteiger partial charge in [0, 0.05) is 19.2 Å². The summed E-state index contributed by atoms with van der Waals surface area (Å²) in [5.74, 6) is 0.0436. The summed E-state index contributed by atoms with van der Waals surface area (Å²) in [6.45, 7) is 10.1. The highest BCUT2D eigenvalue weighted by molar-refractivity contribution is 7.13. The Kier molecular flexibility index (Phi) is 4.35. The number of thiazole rings is 1. The van der Waals surface area contributed by atoms with E-state index in [1.807, 2.05) is 19.1 Å². The summed E-state index contributed by atoms with van der Waals surface area (Å²) < 4.78 is 0. The summed E-state index contributed by atoms with van der Waals surface area (Å²) in [4.78, 5) is 16.7. The van der Waals surface area contributed by atoms with Crippen molar-refractivity contribution in [2.45, 2.75) is 20.8 Å². The van der Waals surface area contributed by atoms with Gasteiger partial charge in [-0.25, -0.2) is 4.98 Å². The first-order valence-electron chi connectivity index (χ1n) is 6.44. The Morgan fingerprint density at radius 2 is 1.95 bits per heavy atom. The molecule has 0 aliphatic carbocycles. The standard InChI is InChI=1S/C16H18N2OS/c1-10-5-7-14(8-6-10)17-9-11(2)15-16(12(3)19)20-13(4)18-15/h5-8,17H,2,9H2,1,3-4H3. The van der Waals surface area contributed by atoms with E-state index in [0.29, 0.717) is 11.4 Å². The lowest BCUT2D eigenvalue weighted by Gasteiger charge is -2.08. The van der Waals surface area contributed by atoms with Crippen LogP contribution in [0, 0.1) is 13.8 Å². The van der Waals surface area contributed by atoms with Crippen molar-refractivity contribution in [1.82, 2.24) is 4.98 Å². The van der Waals surface area contributed by atoms with Crippen LogP contribution in [-0.4, -0.2) is 17.3 Å². The number of aromatic nitrogens is 1. The molecular weight excluding hydrogens is 268 g/mol. The highest BCUT2D eigenvalue weighted by atomic mass is 32.1.